The fraction of sp³-hybridized carbons (Fsp3) is 0.900. The van der Waals surface area contributed by atoms with Gasteiger partial charge in [0.25, 0.3) is 0 Å². The van der Waals surface area contributed by atoms with E-state index in [1.165, 1.54) is 7.05 Å². The number of hydrogen-bond acceptors (Lipinski definition) is 4. The summed E-state index contributed by atoms with van der Waals surface area (Å²) in [5.41, 5.74) is 0. The van der Waals surface area contributed by atoms with Crippen LogP contribution in [0.15, 0.2) is 0 Å². The number of hydrogen-bond donors (Lipinski definition) is 1. The van der Waals surface area contributed by atoms with Gasteiger partial charge < -0.3 is 10.2 Å². The smallest absolute Gasteiger partial charge is 0.238 e. The number of sulfonamides is 1. The van der Waals surface area contributed by atoms with E-state index in [1.54, 1.807) is 11.8 Å². The third-order valence-electron chi connectivity index (χ3n) is 3.02. The van der Waals surface area contributed by atoms with E-state index in [0.717, 1.165) is 17.4 Å². The summed E-state index contributed by atoms with van der Waals surface area (Å²) < 4.78 is 24.2. The maximum atomic E-state index is 12.0. The second-order valence-electron chi connectivity index (χ2n) is 4.30. The van der Waals surface area contributed by atoms with Crippen molar-refractivity contribution in [3.63, 3.8) is 0 Å². The molecule has 17 heavy (non-hydrogen) atoms. The second kappa shape index (κ2) is 5.79. The van der Waals surface area contributed by atoms with Crippen molar-refractivity contribution in [2.24, 2.45) is 0 Å². The minimum Gasteiger partial charge on any atom is -0.336 e. The molecule has 1 heterocycles. The zero-order valence-corrected chi connectivity index (χ0v) is 11.5. The summed E-state index contributed by atoms with van der Waals surface area (Å²) in [5.74, 6) is -0.105. The van der Waals surface area contributed by atoms with Crippen LogP contribution in [0.5, 0.6) is 0 Å². The molecule has 0 spiro atoms. The predicted molar refractivity (Wildman–Crippen MR) is 66.1 cm³/mol. The summed E-state index contributed by atoms with van der Waals surface area (Å²) >= 11 is 0. The fourth-order valence-corrected chi connectivity index (χ4v) is 2.56. The van der Waals surface area contributed by atoms with Gasteiger partial charge >= 0.3 is 0 Å². The molecule has 1 atom stereocenters. The number of carbonyl (C=O) groups is 1. The van der Waals surface area contributed by atoms with Crippen LogP contribution in [0.1, 0.15) is 13.8 Å². The van der Waals surface area contributed by atoms with Crippen molar-refractivity contribution in [1.29, 1.82) is 0 Å². The van der Waals surface area contributed by atoms with Crippen molar-refractivity contribution >= 4 is 15.9 Å². The summed E-state index contributed by atoms with van der Waals surface area (Å²) in [6.45, 7) is 5.62. The molecule has 1 N–H and O–H groups in total. The highest BCUT2D eigenvalue weighted by molar-refractivity contribution is 7.89. The molecule has 0 aromatic rings. The standard InChI is InChI=1S/C10H21N3O3S/c1-4-17(15,16)12(3)8-10(14)13-6-5-11-7-9(13)2/h9,11H,4-8H2,1-3H3/t9-/m1/s1. The minimum absolute atomic E-state index is 0.0217. The molecule has 6 nitrogen and oxygen atoms in total. The molecule has 0 aromatic heterocycles. The van der Waals surface area contributed by atoms with E-state index in [4.69, 9.17) is 0 Å². The van der Waals surface area contributed by atoms with Crippen LogP contribution >= 0.6 is 0 Å². The lowest BCUT2D eigenvalue weighted by molar-refractivity contribution is -0.133. The van der Waals surface area contributed by atoms with Crippen LogP contribution in [0.3, 0.4) is 0 Å². The lowest BCUT2D eigenvalue weighted by Crippen LogP contribution is -2.54. The Morgan fingerprint density at radius 2 is 2.18 bits per heavy atom. The molecule has 100 valence electrons. The molecule has 1 fully saturated rings. The molecule has 0 unspecified atom stereocenters. The van der Waals surface area contributed by atoms with Crippen molar-refractivity contribution in [2.75, 3.05) is 39.0 Å². The molecule has 1 rings (SSSR count). The molecular weight excluding hydrogens is 242 g/mol. The number of amides is 1. The normalized spacial score (nSPS) is 21.9. The Hall–Kier alpha value is -0.660. The Morgan fingerprint density at radius 1 is 1.53 bits per heavy atom. The SMILES string of the molecule is CCS(=O)(=O)N(C)CC(=O)N1CCNC[C@H]1C. The summed E-state index contributed by atoms with van der Waals surface area (Å²) in [7, 11) is -1.83. The van der Waals surface area contributed by atoms with E-state index in [1.807, 2.05) is 6.92 Å². The van der Waals surface area contributed by atoms with Gasteiger partial charge in [-0.25, -0.2) is 8.42 Å². The van der Waals surface area contributed by atoms with Gasteiger partial charge in [0.2, 0.25) is 15.9 Å². The van der Waals surface area contributed by atoms with E-state index in [2.05, 4.69) is 5.32 Å². The number of rotatable bonds is 4. The van der Waals surface area contributed by atoms with Crippen molar-refractivity contribution in [1.82, 2.24) is 14.5 Å². The van der Waals surface area contributed by atoms with Gasteiger partial charge in [0.05, 0.1) is 12.3 Å². The molecule has 0 aliphatic carbocycles. The van der Waals surface area contributed by atoms with Crippen LogP contribution in [-0.2, 0) is 14.8 Å². The van der Waals surface area contributed by atoms with E-state index in [-0.39, 0.29) is 24.2 Å². The first-order chi connectivity index (χ1) is 7.88. The average molecular weight is 263 g/mol. The third-order valence-corrected chi connectivity index (χ3v) is 4.83. The van der Waals surface area contributed by atoms with Crippen molar-refractivity contribution in [3.8, 4) is 0 Å². The summed E-state index contributed by atoms with van der Waals surface area (Å²) in [4.78, 5) is 13.7. The molecule has 0 bridgehead atoms. The first-order valence-corrected chi connectivity index (χ1v) is 7.43. The van der Waals surface area contributed by atoms with Crippen LogP contribution in [0.4, 0.5) is 0 Å². The number of likely N-dealkylation sites (N-methyl/N-ethyl adjacent to an activating group) is 1. The highest BCUT2D eigenvalue weighted by atomic mass is 32.2. The zero-order valence-electron chi connectivity index (χ0n) is 10.6. The van der Waals surface area contributed by atoms with Gasteiger partial charge in [-0.05, 0) is 13.8 Å². The Bertz CT molecular complexity index is 369. The molecule has 1 amide bonds. The summed E-state index contributed by atoms with van der Waals surface area (Å²) in [5, 5.41) is 3.19. The Kier molecular flexibility index (Phi) is 4.91. The van der Waals surface area contributed by atoms with Gasteiger partial charge in [0, 0.05) is 32.7 Å². The average Bonchev–Trinajstić information content (AvgIpc) is 2.29. The van der Waals surface area contributed by atoms with Gasteiger partial charge in [0.15, 0.2) is 0 Å². The van der Waals surface area contributed by atoms with Crippen LogP contribution in [0.25, 0.3) is 0 Å². The van der Waals surface area contributed by atoms with Gasteiger partial charge in [-0.3, -0.25) is 4.79 Å². The molecule has 0 aromatic carbocycles. The molecule has 7 heteroatoms. The zero-order chi connectivity index (χ0) is 13.1. The predicted octanol–water partition coefficient (Wildman–Crippen LogP) is -0.912. The minimum atomic E-state index is -3.28. The maximum absolute atomic E-state index is 12.0. The molecular formula is C10H21N3O3S. The first kappa shape index (κ1) is 14.4. The van der Waals surface area contributed by atoms with Gasteiger partial charge in [-0.15, -0.1) is 0 Å². The second-order valence-corrected chi connectivity index (χ2v) is 6.66. The van der Waals surface area contributed by atoms with Crippen molar-refractivity contribution < 1.29 is 13.2 Å². The maximum Gasteiger partial charge on any atom is 0.238 e. The van der Waals surface area contributed by atoms with Crippen LogP contribution < -0.4 is 5.32 Å². The topological polar surface area (TPSA) is 69.7 Å². The van der Waals surface area contributed by atoms with Crippen molar-refractivity contribution in [3.05, 3.63) is 0 Å². The van der Waals surface area contributed by atoms with Crippen LogP contribution in [0.2, 0.25) is 0 Å². The van der Waals surface area contributed by atoms with E-state index in [0.29, 0.717) is 6.54 Å². The van der Waals surface area contributed by atoms with E-state index >= 15 is 0 Å². The Morgan fingerprint density at radius 3 is 2.71 bits per heavy atom. The quantitative estimate of drug-likeness (QED) is 0.713. The lowest BCUT2D eigenvalue weighted by atomic mass is 10.2. The Balaban J connectivity index is 2.60. The fourth-order valence-electron chi connectivity index (χ4n) is 1.81. The largest absolute Gasteiger partial charge is 0.336 e. The van der Waals surface area contributed by atoms with Gasteiger partial charge in [0.1, 0.15) is 0 Å². The van der Waals surface area contributed by atoms with E-state index < -0.39 is 10.0 Å². The van der Waals surface area contributed by atoms with Gasteiger partial charge in [-0.1, -0.05) is 0 Å². The number of nitrogens with one attached hydrogen (secondary N) is 1. The number of piperazine rings is 1. The number of carbonyl (C=O) groups excluding carboxylic acids is 1. The Labute approximate surface area is 103 Å². The lowest BCUT2D eigenvalue weighted by Gasteiger charge is -2.34. The first-order valence-electron chi connectivity index (χ1n) is 5.82. The monoisotopic (exact) mass is 263 g/mol. The van der Waals surface area contributed by atoms with Gasteiger partial charge in [-0.2, -0.15) is 4.31 Å². The molecule has 1 aliphatic rings. The van der Waals surface area contributed by atoms with E-state index in [9.17, 15) is 13.2 Å². The highest BCUT2D eigenvalue weighted by Gasteiger charge is 2.26. The number of nitrogens with zero attached hydrogens (tertiary/aromatic N) is 2. The molecule has 1 saturated heterocycles. The third kappa shape index (κ3) is 3.65. The highest BCUT2D eigenvalue weighted by Crippen LogP contribution is 2.05. The van der Waals surface area contributed by atoms with Crippen molar-refractivity contribution in [2.45, 2.75) is 19.9 Å². The summed E-state index contributed by atoms with van der Waals surface area (Å²) in [6.07, 6.45) is 0. The van der Waals surface area contributed by atoms with Crippen LogP contribution in [0, 0.1) is 0 Å². The summed E-state index contributed by atoms with van der Waals surface area (Å²) in [6, 6.07) is 0.119. The van der Waals surface area contributed by atoms with Crippen LogP contribution in [-0.4, -0.2) is 68.6 Å². The molecule has 0 saturated carbocycles. The molecule has 1 aliphatic heterocycles. The molecule has 0 radical (unpaired) electrons.